The number of aliphatic imine (C=N–C) groups is 1. The van der Waals surface area contributed by atoms with Crippen molar-refractivity contribution in [2.24, 2.45) is 4.99 Å². The summed E-state index contributed by atoms with van der Waals surface area (Å²) >= 11 is 0. The maximum atomic E-state index is 11.6. The van der Waals surface area contributed by atoms with Gasteiger partial charge in [0.05, 0.1) is 7.11 Å². The Balaban J connectivity index is 1.47. The largest absolute Gasteiger partial charge is 0.453 e. The molecule has 7 nitrogen and oxygen atoms in total. The van der Waals surface area contributed by atoms with Crippen LogP contribution >= 0.6 is 0 Å². The third-order valence-electron chi connectivity index (χ3n) is 5.05. The third-order valence-corrected chi connectivity index (χ3v) is 5.05. The van der Waals surface area contributed by atoms with Crippen LogP contribution in [0.15, 0.2) is 41.4 Å². The molecule has 146 valence electrons. The molecule has 1 aromatic rings. The van der Waals surface area contributed by atoms with Crippen molar-refractivity contribution < 1.29 is 9.53 Å². The monoisotopic (exact) mass is 371 g/mol. The molecule has 0 unspecified atom stereocenters. The summed E-state index contributed by atoms with van der Waals surface area (Å²) in [5, 5.41) is 6.86. The first-order valence-corrected chi connectivity index (χ1v) is 9.48. The molecule has 1 saturated heterocycles. The number of likely N-dealkylation sites (tertiary alicyclic amines) is 1. The predicted octanol–water partition coefficient (Wildman–Crippen LogP) is 1.96. The first kappa shape index (κ1) is 19.1. The molecule has 7 heteroatoms. The van der Waals surface area contributed by atoms with Gasteiger partial charge >= 0.3 is 6.09 Å². The highest BCUT2D eigenvalue weighted by Gasteiger charge is 2.23. The van der Waals surface area contributed by atoms with E-state index in [0.717, 1.165) is 38.4 Å². The van der Waals surface area contributed by atoms with Crippen molar-refractivity contribution in [3.05, 3.63) is 42.0 Å². The number of methoxy groups -OCH3 is 1. The number of guanidine groups is 1. The van der Waals surface area contributed by atoms with Crippen LogP contribution in [-0.2, 0) is 11.3 Å². The quantitative estimate of drug-likeness (QED) is 0.481. The molecule has 0 aromatic heterocycles. The zero-order valence-corrected chi connectivity index (χ0v) is 16.1. The molecule has 0 saturated carbocycles. The van der Waals surface area contributed by atoms with Gasteiger partial charge in [-0.15, -0.1) is 0 Å². The topological polar surface area (TPSA) is 69.2 Å². The molecular weight excluding hydrogens is 342 g/mol. The Morgan fingerprint density at radius 2 is 2.00 bits per heavy atom. The number of anilines is 1. The van der Waals surface area contributed by atoms with Gasteiger partial charge in [-0.1, -0.05) is 24.3 Å². The van der Waals surface area contributed by atoms with E-state index in [-0.39, 0.29) is 6.09 Å². The van der Waals surface area contributed by atoms with Crippen LogP contribution in [0.2, 0.25) is 0 Å². The number of piperidine rings is 1. The standard InChI is InChI=1S/C20H29N5O2/c1-21-19(23-17-8-12-25(13-9-17)20(26)27-2)22-15-16-6-5-7-18(14-16)24-10-3-4-11-24/h3-7,14,17H,8-13,15H2,1-2H3,(H2,21,22,23). The van der Waals surface area contributed by atoms with Gasteiger partial charge in [0.2, 0.25) is 0 Å². The third kappa shape index (κ3) is 5.15. The lowest BCUT2D eigenvalue weighted by atomic mass is 10.1. The van der Waals surface area contributed by atoms with E-state index >= 15 is 0 Å². The molecule has 2 aliphatic heterocycles. The first-order chi connectivity index (χ1) is 13.2. The molecule has 3 rings (SSSR count). The fourth-order valence-electron chi connectivity index (χ4n) is 3.46. The number of hydrogen-bond donors (Lipinski definition) is 2. The average Bonchev–Trinajstić information content (AvgIpc) is 3.26. The molecule has 1 amide bonds. The van der Waals surface area contributed by atoms with Crippen LogP contribution in [0.25, 0.3) is 0 Å². The SMILES string of the molecule is CN=C(NCc1cccc(N2CC=CC2)c1)NC1CCN(C(=O)OC)CC1. The Kier molecular flexibility index (Phi) is 6.57. The van der Waals surface area contributed by atoms with Gasteiger partial charge in [-0.2, -0.15) is 0 Å². The van der Waals surface area contributed by atoms with E-state index in [1.54, 1.807) is 11.9 Å². The average molecular weight is 371 g/mol. The van der Waals surface area contributed by atoms with Gasteiger partial charge in [0.15, 0.2) is 5.96 Å². The summed E-state index contributed by atoms with van der Waals surface area (Å²) in [6, 6.07) is 8.91. The molecule has 0 atom stereocenters. The van der Waals surface area contributed by atoms with Crippen LogP contribution in [0.1, 0.15) is 18.4 Å². The maximum Gasteiger partial charge on any atom is 0.409 e. The van der Waals surface area contributed by atoms with Crippen LogP contribution < -0.4 is 15.5 Å². The van der Waals surface area contributed by atoms with Crippen LogP contribution in [0.3, 0.4) is 0 Å². The zero-order valence-electron chi connectivity index (χ0n) is 16.1. The maximum absolute atomic E-state index is 11.6. The molecule has 0 spiro atoms. The molecule has 0 bridgehead atoms. The summed E-state index contributed by atoms with van der Waals surface area (Å²) in [6.45, 7) is 4.07. The number of amides is 1. The summed E-state index contributed by atoms with van der Waals surface area (Å²) in [5.41, 5.74) is 2.47. The highest BCUT2D eigenvalue weighted by Crippen LogP contribution is 2.18. The zero-order chi connectivity index (χ0) is 19.1. The molecule has 0 radical (unpaired) electrons. The van der Waals surface area contributed by atoms with Crippen LogP contribution in [0.4, 0.5) is 10.5 Å². The molecule has 0 aliphatic carbocycles. The van der Waals surface area contributed by atoms with Crippen molar-refractivity contribution in [1.29, 1.82) is 0 Å². The van der Waals surface area contributed by atoms with Gasteiger partial charge in [-0.3, -0.25) is 4.99 Å². The second kappa shape index (κ2) is 9.30. The van der Waals surface area contributed by atoms with Crippen molar-refractivity contribution in [1.82, 2.24) is 15.5 Å². The number of carbonyl (C=O) groups is 1. The number of nitrogens with one attached hydrogen (secondary N) is 2. The second-order valence-corrected chi connectivity index (χ2v) is 6.85. The fourth-order valence-corrected chi connectivity index (χ4v) is 3.46. The molecule has 2 N–H and O–H groups in total. The van der Waals surface area contributed by atoms with Crippen molar-refractivity contribution >= 4 is 17.7 Å². The summed E-state index contributed by atoms with van der Waals surface area (Å²) in [4.78, 5) is 20.0. The second-order valence-electron chi connectivity index (χ2n) is 6.85. The molecule has 2 heterocycles. The number of hydrogen-bond acceptors (Lipinski definition) is 4. The lowest BCUT2D eigenvalue weighted by Gasteiger charge is -2.32. The van der Waals surface area contributed by atoms with Crippen molar-refractivity contribution in [3.63, 3.8) is 0 Å². The minimum Gasteiger partial charge on any atom is -0.453 e. The highest BCUT2D eigenvalue weighted by atomic mass is 16.5. The molecule has 27 heavy (non-hydrogen) atoms. The van der Waals surface area contributed by atoms with E-state index in [4.69, 9.17) is 4.74 Å². The number of nitrogens with zero attached hydrogens (tertiary/aromatic N) is 3. The van der Waals surface area contributed by atoms with E-state index in [1.807, 2.05) is 0 Å². The van der Waals surface area contributed by atoms with Gasteiger partial charge in [0, 0.05) is 51.5 Å². The van der Waals surface area contributed by atoms with Crippen LogP contribution in [0.5, 0.6) is 0 Å². The number of ether oxygens (including phenoxy) is 1. The Hall–Kier alpha value is -2.70. The van der Waals surface area contributed by atoms with Gasteiger partial charge in [0.25, 0.3) is 0 Å². The van der Waals surface area contributed by atoms with E-state index in [2.05, 4.69) is 56.9 Å². The van der Waals surface area contributed by atoms with Crippen molar-refractivity contribution in [2.45, 2.75) is 25.4 Å². The van der Waals surface area contributed by atoms with E-state index in [0.29, 0.717) is 19.1 Å². The van der Waals surface area contributed by atoms with Gasteiger partial charge < -0.3 is 25.2 Å². The summed E-state index contributed by atoms with van der Waals surface area (Å²) in [7, 11) is 3.21. The Morgan fingerprint density at radius 3 is 2.67 bits per heavy atom. The normalized spacial score (nSPS) is 17.9. The molecular formula is C20H29N5O2. The Bertz CT molecular complexity index is 687. The first-order valence-electron chi connectivity index (χ1n) is 9.48. The molecule has 2 aliphatic rings. The van der Waals surface area contributed by atoms with Gasteiger partial charge in [-0.05, 0) is 30.5 Å². The fraction of sp³-hybridized carbons (Fsp3) is 0.500. The predicted molar refractivity (Wildman–Crippen MR) is 108 cm³/mol. The summed E-state index contributed by atoms with van der Waals surface area (Å²) < 4.78 is 4.78. The van der Waals surface area contributed by atoms with Gasteiger partial charge in [0.1, 0.15) is 0 Å². The van der Waals surface area contributed by atoms with E-state index < -0.39 is 0 Å². The van der Waals surface area contributed by atoms with Gasteiger partial charge in [-0.25, -0.2) is 4.79 Å². The van der Waals surface area contributed by atoms with Crippen LogP contribution in [0, 0.1) is 0 Å². The number of rotatable bonds is 4. The smallest absolute Gasteiger partial charge is 0.409 e. The van der Waals surface area contributed by atoms with Crippen molar-refractivity contribution in [3.8, 4) is 0 Å². The van der Waals surface area contributed by atoms with E-state index in [9.17, 15) is 4.79 Å². The highest BCUT2D eigenvalue weighted by molar-refractivity contribution is 5.80. The minimum atomic E-state index is -0.246. The lowest BCUT2D eigenvalue weighted by molar-refractivity contribution is 0.111. The number of carbonyl (C=O) groups excluding carboxylic acids is 1. The Morgan fingerprint density at radius 1 is 1.26 bits per heavy atom. The Labute approximate surface area is 161 Å². The summed E-state index contributed by atoms with van der Waals surface area (Å²) in [6.07, 6.45) is 5.91. The minimum absolute atomic E-state index is 0.246. The van der Waals surface area contributed by atoms with E-state index in [1.165, 1.54) is 18.4 Å². The molecule has 1 aromatic carbocycles. The summed E-state index contributed by atoms with van der Waals surface area (Å²) in [5.74, 6) is 0.791. The van der Waals surface area contributed by atoms with Crippen LogP contribution in [-0.4, -0.2) is 63.3 Å². The van der Waals surface area contributed by atoms with Crippen molar-refractivity contribution in [2.75, 3.05) is 45.2 Å². The molecule has 1 fully saturated rings. The number of benzene rings is 1. The lowest BCUT2D eigenvalue weighted by Crippen LogP contribution is -2.49.